The predicted octanol–water partition coefficient (Wildman–Crippen LogP) is 3.40. The van der Waals surface area contributed by atoms with Gasteiger partial charge in [-0.25, -0.2) is 0 Å². The van der Waals surface area contributed by atoms with Crippen LogP contribution < -0.4 is 10.2 Å². The molecule has 2 bridgehead atoms. The van der Waals surface area contributed by atoms with Crippen molar-refractivity contribution >= 4 is 29.2 Å². The van der Waals surface area contributed by atoms with Crippen molar-refractivity contribution in [2.45, 2.75) is 70.2 Å². The highest BCUT2D eigenvalue weighted by molar-refractivity contribution is 6.03. The molecule has 3 aliphatic rings. The van der Waals surface area contributed by atoms with E-state index in [0.29, 0.717) is 24.9 Å². The van der Waals surface area contributed by atoms with Crippen LogP contribution in [0.2, 0.25) is 0 Å². The van der Waals surface area contributed by atoms with Crippen molar-refractivity contribution in [3.8, 4) is 0 Å². The van der Waals surface area contributed by atoms with Crippen molar-refractivity contribution in [3.05, 3.63) is 60.2 Å². The van der Waals surface area contributed by atoms with Crippen molar-refractivity contribution in [2.24, 2.45) is 11.8 Å². The van der Waals surface area contributed by atoms with Gasteiger partial charge in [0.1, 0.15) is 17.6 Å². The number of carbonyl (C=O) groups excluding carboxylic acids is 3. The lowest BCUT2D eigenvalue weighted by atomic mass is 9.66. The Kier molecular flexibility index (Phi) is 8.12. The standard InChI is InChI=1S/C32H41N3O6/c1-5-34(6-2)23-15-13-22(14-16-23)33-28(37)27-32-18-17-31(4,41-32)26(30(39)40-7-3)25(32)29(38)35(27)24(20-36)19-21-11-9-8-10-12-21/h8-16,24-27,36H,5-7,17-20H2,1-4H3,(H,33,37)/t24-,25+,26+,27?,31-,32?/m1/s1. The van der Waals surface area contributed by atoms with E-state index >= 15 is 0 Å². The molecule has 2 N–H and O–H groups in total. The maximum absolute atomic E-state index is 14.3. The van der Waals surface area contributed by atoms with E-state index in [0.717, 1.165) is 24.3 Å². The number of fused-ring (bicyclic) bond motifs is 1. The molecule has 220 valence electrons. The highest BCUT2D eigenvalue weighted by Gasteiger charge is 2.78. The highest BCUT2D eigenvalue weighted by Crippen LogP contribution is 2.63. The van der Waals surface area contributed by atoms with E-state index in [1.54, 1.807) is 6.92 Å². The number of carbonyl (C=O) groups is 3. The molecule has 3 saturated heterocycles. The van der Waals surface area contributed by atoms with Gasteiger partial charge in [0.25, 0.3) is 0 Å². The molecular formula is C32H41N3O6. The van der Waals surface area contributed by atoms with Crippen molar-refractivity contribution in [1.29, 1.82) is 0 Å². The summed E-state index contributed by atoms with van der Waals surface area (Å²) in [5, 5.41) is 13.6. The van der Waals surface area contributed by atoms with E-state index in [9.17, 15) is 19.5 Å². The summed E-state index contributed by atoms with van der Waals surface area (Å²) in [4.78, 5) is 45.5. The highest BCUT2D eigenvalue weighted by atomic mass is 16.6. The number of ether oxygens (including phenoxy) is 2. The van der Waals surface area contributed by atoms with Gasteiger partial charge in [0.2, 0.25) is 11.8 Å². The minimum absolute atomic E-state index is 0.184. The average molecular weight is 564 g/mol. The van der Waals surface area contributed by atoms with Crippen LogP contribution in [0.4, 0.5) is 11.4 Å². The zero-order valence-electron chi connectivity index (χ0n) is 24.3. The van der Waals surface area contributed by atoms with Crippen LogP contribution in [0.1, 0.15) is 46.1 Å². The van der Waals surface area contributed by atoms with Gasteiger partial charge >= 0.3 is 5.97 Å². The number of rotatable bonds is 11. The molecule has 0 aromatic heterocycles. The number of nitrogens with zero attached hydrogens (tertiary/aromatic N) is 2. The minimum Gasteiger partial charge on any atom is -0.466 e. The second-order valence-electron chi connectivity index (χ2n) is 11.5. The molecule has 5 rings (SSSR count). The molecule has 3 fully saturated rings. The summed E-state index contributed by atoms with van der Waals surface area (Å²) >= 11 is 0. The number of anilines is 2. The first-order valence-electron chi connectivity index (χ1n) is 14.7. The van der Waals surface area contributed by atoms with Gasteiger partial charge in [0.15, 0.2) is 0 Å². The molecule has 41 heavy (non-hydrogen) atoms. The van der Waals surface area contributed by atoms with Crippen molar-refractivity contribution in [1.82, 2.24) is 4.90 Å². The first kappa shape index (κ1) is 29.1. The molecule has 2 amide bonds. The number of benzene rings is 2. The molecule has 0 aliphatic carbocycles. The summed E-state index contributed by atoms with van der Waals surface area (Å²) in [6, 6.07) is 15.5. The molecule has 3 aliphatic heterocycles. The topological polar surface area (TPSA) is 108 Å². The van der Waals surface area contributed by atoms with Crippen molar-refractivity contribution in [2.75, 3.05) is 36.5 Å². The van der Waals surface area contributed by atoms with Gasteiger partial charge in [-0.15, -0.1) is 0 Å². The summed E-state index contributed by atoms with van der Waals surface area (Å²) in [6.07, 6.45) is 1.34. The largest absolute Gasteiger partial charge is 0.466 e. The summed E-state index contributed by atoms with van der Waals surface area (Å²) in [5.74, 6) is -2.92. The van der Waals surface area contributed by atoms with E-state index in [1.807, 2.05) is 61.5 Å². The third kappa shape index (κ3) is 4.89. The van der Waals surface area contributed by atoms with Gasteiger partial charge in [0, 0.05) is 24.5 Å². The van der Waals surface area contributed by atoms with Crippen LogP contribution >= 0.6 is 0 Å². The number of hydrogen-bond acceptors (Lipinski definition) is 7. The number of aliphatic hydroxyl groups is 1. The molecule has 9 nitrogen and oxygen atoms in total. The molecule has 2 aromatic carbocycles. The second kappa shape index (κ2) is 11.4. The fourth-order valence-electron chi connectivity index (χ4n) is 7.34. The molecule has 0 saturated carbocycles. The van der Waals surface area contributed by atoms with E-state index in [1.165, 1.54) is 4.90 Å². The minimum atomic E-state index is -1.20. The number of hydrogen-bond donors (Lipinski definition) is 2. The maximum atomic E-state index is 14.3. The summed E-state index contributed by atoms with van der Waals surface area (Å²) in [5.41, 5.74) is 0.479. The van der Waals surface area contributed by atoms with Gasteiger partial charge in [-0.3, -0.25) is 14.4 Å². The number of nitrogens with one attached hydrogen (secondary N) is 1. The quantitative estimate of drug-likeness (QED) is 0.404. The Morgan fingerprint density at radius 1 is 1.10 bits per heavy atom. The van der Waals surface area contributed by atoms with Crippen LogP contribution in [-0.4, -0.2) is 77.4 Å². The summed E-state index contributed by atoms with van der Waals surface area (Å²) < 4.78 is 12.0. The molecule has 9 heteroatoms. The Morgan fingerprint density at radius 2 is 1.78 bits per heavy atom. The van der Waals surface area contributed by atoms with Gasteiger partial charge in [0.05, 0.1) is 30.8 Å². The SMILES string of the molecule is CCOC(=O)[C@@H]1[C@H]2C(=O)N([C@@H](CO)Cc3ccccc3)C(C(=O)Nc3ccc(N(CC)CC)cc3)C23CC[C@@]1(C)O3. The van der Waals surface area contributed by atoms with Crippen LogP contribution in [-0.2, 0) is 30.3 Å². The fourth-order valence-corrected chi connectivity index (χ4v) is 7.34. The Bertz CT molecular complexity index is 1270. The lowest BCUT2D eigenvalue weighted by molar-refractivity contribution is -0.160. The van der Waals surface area contributed by atoms with Crippen LogP contribution in [0.25, 0.3) is 0 Å². The molecule has 6 atom stereocenters. The number of likely N-dealkylation sites (tertiary alicyclic amines) is 1. The van der Waals surface area contributed by atoms with Crippen molar-refractivity contribution in [3.63, 3.8) is 0 Å². The molecular weight excluding hydrogens is 522 g/mol. The van der Waals surface area contributed by atoms with E-state index in [4.69, 9.17) is 9.47 Å². The maximum Gasteiger partial charge on any atom is 0.312 e. The van der Waals surface area contributed by atoms with Crippen molar-refractivity contribution < 1.29 is 29.0 Å². The van der Waals surface area contributed by atoms with Crippen LogP contribution in [0.15, 0.2) is 54.6 Å². The molecule has 3 heterocycles. The first-order chi connectivity index (χ1) is 19.7. The Morgan fingerprint density at radius 3 is 2.39 bits per heavy atom. The number of amides is 2. The average Bonchev–Trinajstić information content (AvgIpc) is 3.54. The van der Waals surface area contributed by atoms with Crippen LogP contribution in [0.3, 0.4) is 0 Å². The monoisotopic (exact) mass is 563 g/mol. The van der Waals surface area contributed by atoms with Gasteiger partial charge < -0.3 is 29.7 Å². The van der Waals surface area contributed by atoms with Gasteiger partial charge in [-0.2, -0.15) is 0 Å². The smallest absolute Gasteiger partial charge is 0.312 e. The molecule has 1 spiro atoms. The Labute approximate surface area is 241 Å². The summed E-state index contributed by atoms with van der Waals surface area (Å²) in [6.45, 7) is 9.34. The Hall–Kier alpha value is -3.43. The zero-order chi connectivity index (χ0) is 29.4. The normalized spacial score (nSPS) is 28.9. The van der Waals surface area contributed by atoms with E-state index in [-0.39, 0.29) is 19.1 Å². The number of esters is 1. The van der Waals surface area contributed by atoms with Gasteiger partial charge in [-0.1, -0.05) is 30.3 Å². The van der Waals surface area contributed by atoms with E-state index in [2.05, 4.69) is 24.1 Å². The lowest BCUT2D eigenvalue weighted by Crippen LogP contribution is -2.57. The van der Waals surface area contributed by atoms with E-state index < -0.39 is 47.0 Å². The molecule has 0 radical (unpaired) electrons. The third-order valence-electron chi connectivity index (χ3n) is 9.19. The second-order valence-corrected chi connectivity index (χ2v) is 11.5. The Balaban J connectivity index is 1.52. The van der Waals surface area contributed by atoms with Crippen LogP contribution in [0, 0.1) is 11.8 Å². The third-order valence-corrected chi connectivity index (χ3v) is 9.19. The number of aliphatic hydroxyl groups excluding tert-OH is 1. The lowest BCUT2D eigenvalue weighted by Gasteiger charge is -2.37. The molecule has 2 unspecified atom stereocenters. The zero-order valence-corrected chi connectivity index (χ0v) is 24.3. The van der Waals surface area contributed by atoms with Gasteiger partial charge in [-0.05, 0) is 76.8 Å². The molecule has 2 aromatic rings. The first-order valence-corrected chi connectivity index (χ1v) is 14.7. The fraction of sp³-hybridized carbons (Fsp3) is 0.531. The van der Waals surface area contributed by atoms with Crippen LogP contribution in [0.5, 0.6) is 0 Å². The summed E-state index contributed by atoms with van der Waals surface area (Å²) in [7, 11) is 0. The predicted molar refractivity (Wildman–Crippen MR) is 155 cm³/mol.